The van der Waals surface area contributed by atoms with Crippen molar-refractivity contribution in [2.24, 2.45) is 11.7 Å². The van der Waals surface area contributed by atoms with E-state index in [0.29, 0.717) is 37.0 Å². The summed E-state index contributed by atoms with van der Waals surface area (Å²) in [5.41, 5.74) is 6.28. The lowest BCUT2D eigenvalue weighted by Gasteiger charge is -2.19. The van der Waals surface area contributed by atoms with Crippen molar-refractivity contribution in [3.63, 3.8) is 0 Å². The Morgan fingerprint density at radius 1 is 1.32 bits per heavy atom. The van der Waals surface area contributed by atoms with Crippen LogP contribution in [-0.2, 0) is 4.74 Å². The summed E-state index contributed by atoms with van der Waals surface area (Å²) in [5, 5.41) is 2.96. The van der Waals surface area contributed by atoms with E-state index >= 15 is 0 Å². The maximum absolute atomic E-state index is 12.2. The van der Waals surface area contributed by atoms with Crippen LogP contribution in [0.15, 0.2) is 24.3 Å². The summed E-state index contributed by atoms with van der Waals surface area (Å²) in [7, 11) is 1.62. The quantitative estimate of drug-likeness (QED) is 0.681. The van der Waals surface area contributed by atoms with Crippen molar-refractivity contribution in [3.8, 4) is 5.75 Å². The lowest BCUT2D eigenvalue weighted by atomic mass is 10.0. The smallest absolute Gasteiger partial charge is 0.251 e. The van der Waals surface area contributed by atoms with E-state index in [1.165, 1.54) is 0 Å². The van der Waals surface area contributed by atoms with E-state index in [4.69, 9.17) is 15.2 Å². The SMILES string of the molecule is COCCOc1cccc(C(=O)NC(CN)CC(C)C)c1.Cl. The molecule has 6 heteroatoms. The van der Waals surface area contributed by atoms with Crippen molar-refractivity contribution in [3.05, 3.63) is 29.8 Å². The number of nitrogens with one attached hydrogen (secondary N) is 1. The summed E-state index contributed by atoms with van der Waals surface area (Å²) in [4.78, 5) is 12.2. The van der Waals surface area contributed by atoms with Crippen molar-refractivity contribution in [1.29, 1.82) is 0 Å². The molecule has 0 aliphatic heterocycles. The van der Waals surface area contributed by atoms with Gasteiger partial charge in [-0.3, -0.25) is 4.79 Å². The molecule has 1 amide bonds. The first-order valence-corrected chi connectivity index (χ1v) is 7.29. The standard InChI is InChI=1S/C16H26N2O3.ClH/c1-12(2)9-14(11-17)18-16(19)13-5-4-6-15(10-13)21-8-7-20-3;/h4-6,10,12,14H,7-9,11,17H2,1-3H3,(H,18,19);1H. The van der Waals surface area contributed by atoms with Gasteiger partial charge in [0.05, 0.1) is 6.61 Å². The average molecular weight is 331 g/mol. The fraction of sp³-hybridized carbons (Fsp3) is 0.562. The lowest BCUT2D eigenvalue weighted by molar-refractivity contribution is 0.0933. The zero-order valence-electron chi connectivity index (χ0n) is 13.5. The van der Waals surface area contributed by atoms with Gasteiger partial charge in [-0.25, -0.2) is 0 Å². The molecule has 126 valence electrons. The number of methoxy groups -OCH3 is 1. The number of hydrogen-bond acceptors (Lipinski definition) is 4. The van der Waals surface area contributed by atoms with Crippen LogP contribution in [0.25, 0.3) is 0 Å². The Kier molecular flexibility index (Phi) is 10.6. The number of carbonyl (C=O) groups is 1. The van der Waals surface area contributed by atoms with Gasteiger partial charge in [-0.05, 0) is 30.5 Å². The Morgan fingerprint density at radius 3 is 2.64 bits per heavy atom. The molecule has 0 aliphatic rings. The molecule has 0 spiro atoms. The largest absolute Gasteiger partial charge is 0.491 e. The highest BCUT2D eigenvalue weighted by molar-refractivity contribution is 5.94. The number of halogens is 1. The van der Waals surface area contributed by atoms with Crippen LogP contribution >= 0.6 is 12.4 Å². The molecule has 5 nitrogen and oxygen atoms in total. The van der Waals surface area contributed by atoms with E-state index in [2.05, 4.69) is 19.2 Å². The minimum absolute atomic E-state index is 0. The van der Waals surface area contributed by atoms with Crippen molar-refractivity contribution in [1.82, 2.24) is 5.32 Å². The molecule has 1 rings (SSSR count). The molecule has 0 aliphatic carbocycles. The van der Waals surface area contributed by atoms with Gasteiger partial charge >= 0.3 is 0 Å². The number of hydrogen-bond donors (Lipinski definition) is 2. The molecule has 1 unspecified atom stereocenters. The summed E-state index contributed by atoms with van der Waals surface area (Å²) in [6, 6.07) is 7.11. The van der Waals surface area contributed by atoms with E-state index in [-0.39, 0.29) is 24.4 Å². The van der Waals surface area contributed by atoms with Crippen LogP contribution in [0.3, 0.4) is 0 Å². The first kappa shape index (κ1) is 20.7. The maximum Gasteiger partial charge on any atom is 0.251 e. The van der Waals surface area contributed by atoms with Crippen LogP contribution in [0.2, 0.25) is 0 Å². The highest BCUT2D eigenvalue weighted by Crippen LogP contribution is 2.14. The normalized spacial score (nSPS) is 11.7. The van der Waals surface area contributed by atoms with Gasteiger partial charge in [0.1, 0.15) is 12.4 Å². The molecule has 0 bridgehead atoms. The highest BCUT2D eigenvalue weighted by Gasteiger charge is 2.14. The van der Waals surface area contributed by atoms with Crippen molar-refractivity contribution in [2.75, 3.05) is 26.9 Å². The summed E-state index contributed by atoms with van der Waals surface area (Å²) < 4.78 is 10.4. The second kappa shape index (κ2) is 11.3. The molecule has 0 heterocycles. The van der Waals surface area contributed by atoms with Gasteiger partial charge in [0.2, 0.25) is 0 Å². The predicted molar refractivity (Wildman–Crippen MR) is 90.8 cm³/mol. The minimum atomic E-state index is -0.122. The maximum atomic E-state index is 12.2. The van der Waals surface area contributed by atoms with Crippen LogP contribution in [0, 0.1) is 5.92 Å². The molecular formula is C16H27ClN2O3. The Hall–Kier alpha value is -1.30. The minimum Gasteiger partial charge on any atom is -0.491 e. The first-order chi connectivity index (χ1) is 10.1. The van der Waals surface area contributed by atoms with Gasteiger partial charge in [-0.2, -0.15) is 0 Å². The second-order valence-electron chi connectivity index (χ2n) is 5.40. The fourth-order valence-corrected chi connectivity index (χ4v) is 2.02. The zero-order chi connectivity index (χ0) is 15.7. The molecule has 0 radical (unpaired) electrons. The summed E-state index contributed by atoms with van der Waals surface area (Å²) in [5.74, 6) is 1.03. The molecule has 0 aromatic heterocycles. The molecular weight excluding hydrogens is 304 g/mol. The van der Waals surface area contributed by atoms with Gasteiger partial charge in [-0.1, -0.05) is 19.9 Å². The third kappa shape index (κ3) is 7.64. The van der Waals surface area contributed by atoms with Crippen LogP contribution in [0.1, 0.15) is 30.6 Å². The third-order valence-electron chi connectivity index (χ3n) is 3.03. The molecule has 3 N–H and O–H groups in total. The summed E-state index contributed by atoms with van der Waals surface area (Å²) in [6.07, 6.45) is 0.867. The predicted octanol–water partition coefficient (Wildman–Crippen LogP) is 2.24. The number of nitrogens with two attached hydrogens (primary N) is 1. The first-order valence-electron chi connectivity index (χ1n) is 7.29. The fourth-order valence-electron chi connectivity index (χ4n) is 2.02. The highest BCUT2D eigenvalue weighted by atomic mass is 35.5. The van der Waals surface area contributed by atoms with E-state index in [9.17, 15) is 4.79 Å². The Bertz CT molecular complexity index is 441. The number of amides is 1. The van der Waals surface area contributed by atoms with E-state index in [1.807, 2.05) is 6.07 Å². The summed E-state index contributed by atoms with van der Waals surface area (Å²) in [6.45, 7) is 5.63. The molecule has 0 fully saturated rings. The summed E-state index contributed by atoms with van der Waals surface area (Å²) >= 11 is 0. The van der Waals surface area contributed by atoms with Gasteiger partial charge in [-0.15, -0.1) is 12.4 Å². The van der Waals surface area contributed by atoms with Gasteiger partial charge in [0.25, 0.3) is 5.91 Å². The third-order valence-corrected chi connectivity index (χ3v) is 3.03. The Balaban J connectivity index is 0.00000441. The molecule has 0 saturated heterocycles. The number of ether oxygens (including phenoxy) is 2. The monoisotopic (exact) mass is 330 g/mol. The van der Waals surface area contributed by atoms with Crippen molar-refractivity contribution >= 4 is 18.3 Å². The van der Waals surface area contributed by atoms with Crippen LogP contribution in [0.5, 0.6) is 5.75 Å². The van der Waals surface area contributed by atoms with Gasteiger partial charge in [0, 0.05) is 25.3 Å². The van der Waals surface area contributed by atoms with Crippen LogP contribution in [-0.4, -0.2) is 38.8 Å². The van der Waals surface area contributed by atoms with E-state index < -0.39 is 0 Å². The number of rotatable bonds is 9. The Labute approximate surface area is 139 Å². The second-order valence-corrected chi connectivity index (χ2v) is 5.40. The molecule has 1 aromatic carbocycles. The van der Waals surface area contributed by atoms with Gasteiger partial charge in [0.15, 0.2) is 0 Å². The van der Waals surface area contributed by atoms with Crippen LogP contribution < -0.4 is 15.8 Å². The molecule has 1 atom stereocenters. The molecule has 22 heavy (non-hydrogen) atoms. The zero-order valence-corrected chi connectivity index (χ0v) is 14.3. The number of benzene rings is 1. The topological polar surface area (TPSA) is 73.6 Å². The number of carbonyl (C=O) groups excluding carboxylic acids is 1. The lowest BCUT2D eigenvalue weighted by Crippen LogP contribution is -2.41. The molecule has 1 aromatic rings. The molecule has 0 saturated carbocycles. The average Bonchev–Trinajstić information content (AvgIpc) is 2.46. The van der Waals surface area contributed by atoms with E-state index in [0.717, 1.165) is 6.42 Å². The van der Waals surface area contributed by atoms with Crippen LogP contribution in [0.4, 0.5) is 0 Å². The van der Waals surface area contributed by atoms with Crippen molar-refractivity contribution < 1.29 is 14.3 Å². The Morgan fingerprint density at radius 2 is 2.05 bits per heavy atom. The van der Waals surface area contributed by atoms with Crippen molar-refractivity contribution in [2.45, 2.75) is 26.3 Å². The van der Waals surface area contributed by atoms with Gasteiger partial charge < -0.3 is 20.5 Å². The van der Waals surface area contributed by atoms with E-state index in [1.54, 1.807) is 25.3 Å².